The molecule has 5 nitrogen and oxygen atoms in total. The highest BCUT2D eigenvalue weighted by Crippen LogP contribution is 2.25. The summed E-state index contributed by atoms with van der Waals surface area (Å²) in [5.41, 5.74) is 0.644. The smallest absolute Gasteiger partial charge is 0.387 e. The van der Waals surface area contributed by atoms with Crippen LogP contribution < -0.4 is 10.3 Å². The molecule has 0 fully saturated rings. The van der Waals surface area contributed by atoms with Crippen molar-refractivity contribution in [1.29, 1.82) is 0 Å². The maximum Gasteiger partial charge on any atom is 0.387 e. The van der Waals surface area contributed by atoms with E-state index in [0.717, 1.165) is 16.6 Å². The van der Waals surface area contributed by atoms with Crippen LogP contribution in [0.25, 0.3) is 16.6 Å². The summed E-state index contributed by atoms with van der Waals surface area (Å²) in [5, 5.41) is 0.757. The van der Waals surface area contributed by atoms with Gasteiger partial charge in [-0.1, -0.05) is 23.9 Å². The summed E-state index contributed by atoms with van der Waals surface area (Å²) in [6, 6.07) is 16.3. The van der Waals surface area contributed by atoms with Crippen molar-refractivity contribution >= 4 is 39.8 Å². The zero-order valence-electron chi connectivity index (χ0n) is 16.2. The molecule has 0 radical (unpaired) electrons. The number of ketones is 1. The van der Waals surface area contributed by atoms with Crippen molar-refractivity contribution in [3.05, 3.63) is 80.8 Å². The van der Waals surface area contributed by atoms with Gasteiger partial charge in [-0.05, 0) is 55.5 Å². The number of thiophene rings is 1. The van der Waals surface area contributed by atoms with E-state index in [1.807, 2.05) is 13.0 Å². The van der Waals surface area contributed by atoms with Gasteiger partial charge in [-0.25, -0.2) is 4.98 Å². The first-order valence-electron chi connectivity index (χ1n) is 9.22. The van der Waals surface area contributed by atoms with Crippen LogP contribution in [-0.2, 0) is 0 Å². The molecule has 0 aliphatic rings. The summed E-state index contributed by atoms with van der Waals surface area (Å²) in [6.45, 7) is -1.01. The third-order valence-electron chi connectivity index (χ3n) is 4.41. The van der Waals surface area contributed by atoms with E-state index < -0.39 is 6.61 Å². The molecule has 0 saturated heterocycles. The van der Waals surface area contributed by atoms with E-state index in [2.05, 4.69) is 9.72 Å². The van der Waals surface area contributed by atoms with Crippen molar-refractivity contribution in [3.8, 4) is 11.4 Å². The minimum Gasteiger partial charge on any atom is -0.435 e. The minimum atomic E-state index is -2.94. The van der Waals surface area contributed by atoms with Crippen LogP contribution in [0.1, 0.15) is 14.5 Å². The Morgan fingerprint density at radius 3 is 2.55 bits per heavy atom. The lowest BCUT2D eigenvalue weighted by atomic mass is 10.2. The van der Waals surface area contributed by atoms with Gasteiger partial charge in [0.1, 0.15) is 5.75 Å². The lowest BCUT2D eigenvalue weighted by Gasteiger charge is -2.13. The highest BCUT2D eigenvalue weighted by molar-refractivity contribution is 7.99. The molecule has 4 aromatic rings. The maximum absolute atomic E-state index is 13.2. The molecule has 2 aromatic heterocycles. The predicted molar refractivity (Wildman–Crippen MR) is 118 cm³/mol. The molecule has 9 heteroatoms. The van der Waals surface area contributed by atoms with Gasteiger partial charge in [0.15, 0.2) is 10.9 Å². The molecule has 0 aliphatic carbocycles. The molecule has 0 aliphatic heterocycles. The van der Waals surface area contributed by atoms with Gasteiger partial charge in [0, 0.05) is 4.88 Å². The quantitative estimate of drug-likeness (QED) is 0.213. The number of halogens is 2. The molecule has 31 heavy (non-hydrogen) atoms. The number of ether oxygens (including phenoxy) is 1. The van der Waals surface area contributed by atoms with Crippen LogP contribution in [-0.4, -0.2) is 27.7 Å². The molecule has 0 bridgehead atoms. The molecule has 0 N–H and O–H groups in total. The number of aryl methyl sites for hydroxylation is 1. The van der Waals surface area contributed by atoms with Crippen LogP contribution in [0.2, 0.25) is 0 Å². The number of para-hydroxylation sites is 1. The van der Waals surface area contributed by atoms with Gasteiger partial charge in [0.2, 0.25) is 0 Å². The van der Waals surface area contributed by atoms with Crippen molar-refractivity contribution in [2.45, 2.75) is 18.7 Å². The standard InChI is InChI=1S/C22H16F2N2O3S2/c1-13-6-11-19(31-13)18(27)12-30-22-25-17-5-3-2-4-16(17)20(28)26(22)14-7-9-15(10-8-14)29-21(23)24/h2-11,21H,12H2,1H3. The van der Waals surface area contributed by atoms with Crippen molar-refractivity contribution in [3.63, 3.8) is 0 Å². The Hall–Kier alpha value is -3.04. The number of alkyl halides is 2. The highest BCUT2D eigenvalue weighted by Gasteiger charge is 2.16. The van der Waals surface area contributed by atoms with Crippen LogP contribution in [0.15, 0.2) is 70.6 Å². The number of nitrogens with zero attached hydrogens (tertiary/aromatic N) is 2. The molecule has 0 atom stereocenters. The van der Waals surface area contributed by atoms with Crippen molar-refractivity contribution in [2.75, 3.05) is 5.75 Å². The zero-order chi connectivity index (χ0) is 22.0. The van der Waals surface area contributed by atoms with Crippen LogP contribution in [0.5, 0.6) is 5.75 Å². The van der Waals surface area contributed by atoms with Gasteiger partial charge in [0.25, 0.3) is 5.56 Å². The summed E-state index contributed by atoms with van der Waals surface area (Å²) in [7, 11) is 0. The Morgan fingerprint density at radius 1 is 1.13 bits per heavy atom. The lowest BCUT2D eigenvalue weighted by molar-refractivity contribution is -0.0498. The average Bonchev–Trinajstić information content (AvgIpc) is 3.19. The Bertz CT molecular complexity index is 1300. The molecular weight excluding hydrogens is 442 g/mol. The number of carbonyl (C=O) groups is 1. The van der Waals surface area contributed by atoms with Crippen LogP contribution in [0, 0.1) is 6.92 Å². The lowest BCUT2D eigenvalue weighted by Crippen LogP contribution is -2.22. The molecule has 2 heterocycles. The van der Waals surface area contributed by atoms with E-state index in [9.17, 15) is 18.4 Å². The zero-order valence-corrected chi connectivity index (χ0v) is 17.9. The largest absolute Gasteiger partial charge is 0.435 e. The second-order valence-electron chi connectivity index (χ2n) is 6.55. The van der Waals surface area contributed by atoms with Gasteiger partial charge in [0.05, 0.1) is 27.2 Å². The van der Waals surface area contributed by atoms with Crippen molar-refractivity contribution in [1.82, 2.24) is 9.55 Å². The summed E-state index contributed by atoms with van der Waals surface area (Å²) in [6.07, 6.45) is 0. The number of rotatable bonds is 7. The SMILES string of the molecule is Cc1ccc(C(=O)CSc2nc3ccccc3c(=O)n2-c2ccc(OC(F)F)cc2)s1. The third-order valence-corrected chi connectivity index (χ3v) is 6.39. The van der Waals surface area contributed by atoms with E-state index in [-0.39, 0.29) is 22.8 Å². The molecule has 4 rings (SSSR count). The maximum atomic E-state index is 13.2. The topological polar surface area (TPSA) is 61.2 Å². The summed E-state index contributed by atoms with van der Waals surface area (Å²) in [5.74, 6) is 0.0350. The Balaban J connectivity index is 1.73. The normalized spacial score (nSPS) is 11.2. The first kappa shape index (κ1) is 21.2. The number of thioether (sulfide) groups is 1. The Morgan fingerprint density at radius 2 is 1.87 bits per heavy atom. The molecular formula is C22H16F2N2O3S2. The monoisotopic (exact) mass is 458 g/mol. The van der Waals surface area contributed by atoms with Crippen LogP contribution in [0.3, 0.4) is 0 Å². The second-order valence-corrected chi connectivity index (χ2v) is 8.78. The number of aromatic nitrogens is 2. The van der Waals surface area contributed by atoms with Gasteiger partial charge in [-0.3, -0.25) is 14.2 Å². The first-order chi connectivity index (χ1) is 14.9. The highest BCUT2D eigenvalue weighted by atomic mass is 32.2. The van der Waals surface area contributed by atoms with Gasteiger partial charge >= 0.3 is 6.61 Å². The fourth-order valence-corrected chi connectivity index (χ4v) is 4.79. The number of benzene rings is 2. The Labute approximate surface area is 184 Å². The van der Waals surface area contributed by atoms with Gasteiger partial charge < -0.3 is 4.74 Å². The fraction of sp³-hybridized carbons (Fsp3) is 0.136. The molecule has 158 valence electrons. The average molecular weight is 459 g/mol. The van der Waals surface area contributed by atoms with E-state index in [1.165, 1.54) is 40.2 Å². The summed E-state index contributed by atoms with van der Waals surface area (Å²) < 4.78 is 30.6. The molecule has 0 unspecified atom stereocenters. The molecule has 2 aromatic carbocycles. The molecule has 0 amide bonds. The third kappa shape index (κ3) is 4.67. The van der Waals surface area contributed by atoms with Crippen molar-refractivity contribution < 1.29 is 18.3 Å². The van der Waals surface area contributed by atoms with E-state index in [1.54, 1.807) is 30.3 Å². The second kappa shape index (κ2) is 8.99. The number of fused-ring (bicyclic) bond motifs is 1. The number of carbonyl (C=O) groups excluding carboxylic acids is 1. The first-order valence-corrected chi connectivity index (χ1v) is 11.0. The minimum absolute atomic E-state index is 0.0157. The number of Topliss-reactive ketones (excluding diaryl/α,β-unsaturated/α-hetero) is 1. The predicted octanol–water partition coefficient (Wildman–Crippen LogP) is 5.33. The van der Waals surface area contributed by atoms with E-state index in [0.29, 0.717) is 26.6 Å². The van der Waals surface area contributed by atoms with Gasteiger partial charge in [-0.15, -0.1) is 11.3 Å². The fourth-order valence-electron chi connectivity index (χ4n) is 3.00. The number of hydrogen-bond acceptors (Lipinski definition) is 6. The number of hydrogen-bond donors (Lipinski definition) is 0. The summed E-state index contributed by atoms with van der Waals surface area (Å²) >= 11 is 2.57. The Kier molecular flexibility index (Phi) is 6.15. The van der Waals surface area contributed by atoms with E-state index in [4.69, 9.17) is 0 Å². The molecule has 0 spiro atoms. The van der Waals surface area contributed by atoms with E-state index >= 15 is 0 Å². The summed E-state index contributed by atoms with van der Waals surface area (Å²) in [4.78, 5) is 32.0. The van der Waals surface area contributed by atoms with Crippen molar-refractivity contribution in [2.24, 2.45) is 0 Å². The van der Waals surface area contributed by atoms with Crippen LogP contribution >= 0.6 is 23.1 Å². The van der Waals surface area contributed by atoms with Gasteiger partial charge in [-0.2, -0.15) is 8.78 Å². The van der Waals surface area contributed by atoms with Crippen LogP contribution in [0.4, 0.5) is 8.78 Å². The molecule has 0 saturated carbocycles.